The SMILES string of the molecule is N#Cc1cc(F)cc(Cn2cc(N)c(C(=O)O)n2)c1. The molecule has 1 aromatic carbocycles. The topological polar surface area (TPSA) is 105 Å². The average molecular weight is 260 g/mol. The van der Waals surface area contributed by atoms with Crippen LogP contribution in [0.2, 0.25) is 0 Å². The van der Waals surface area contributed by atoms with Crippen molar-refractivity contribution in [1.82, 2.24) is 9.78 Å². The Morgan fingerprint density at radius 3 is 2.84 bits per heavy atom. The maximum Gasteiger partial charge on any atom is 0.358 e. The first kappa shape index (κ1) is 12.6. The van der Waals surface area contributed by atoms with Crippen molar-refractivity contribution < 1.29 is 14.3 Å². The van der Waals surface area contributed by atoms with Crippen LogP contribution in [0.3, 0.4) is 0 Å². The second-order valence-corrected chi connectivity index (χ2v) is 3.90. The predicted molar refractivity (Wildman–Crippen MR) is 63.8 cm³/mol. The Kier molecular flexibility index (Phi) is 3.16. The van der Waals surface area contributed by atoms with Gasteiger partial charge in [0.05, 0.1) is 23.9 Å². The standard InChI is InChI=1S/C12H9FN4O2/c13-9-2-7(4-14)1-8(3-9)5-17-6-10(15)11(16-17)12(18)19/h1-3,6H,5,15H2,(H,18,19). The first-order chi connectivity index (χ1) is 8.99. The van der Waals surface area contributed by atoms with Crippen LogP contribution in [0.5, 0.6) is 0 Å². The van der Waals surface area contributed by atoms with E-state index < -0.39 is 11.8 Å². The molecule has 2 rings (SSSR count). The largest absolute Gasteiger partial charge is 0.476 e. The van der Waals surface area contributed by atoms with E-state index in [0.29, 0.717) is 5.56 Å². The first-order valence-electron chi connectivity index (χ1n) is 5.25. The molecule has 6 nitrogen and oxygen atoms in total. The van der Waals surface area contributed by atoms with Crippen LogP contribution in [0.25, 0.3) is 0 Å². The quantitative estimate of drug-likeness (QED) is 0.863. The zero-order valence-corrected chi connectivity index (χ0v) is 9.67. The summed E-state index contributed by atoms with van der Waals surface area (Å²) < 4.78 is 14.5. The number of anilines is 1. The van der Waals surface area contributed by atoms with Crippen molar-refractivity contribution in [3.8, 4) is 6.07 Å². The first-order valence-corrected chi connectivity index (χ1v) is 5.25. The fourth-order valence-electron chi connectivity index (χ4n) is 1.68. The highest BCUT2D eigenvalue weighted by atomic mass is 19.1. The second kappa shape index (κ2) is 4.78. The molecule has 0 aliphatic carbocycles. The summed E-state index contributed by atoms with van der Waals surface area (Å²) in [4.78, 5) is 10.8. The molecule has 0 unspecified atom stereocenters. The summed E-state index contributed by atoms with van der Waals surface area (Å²) in [7, 11) is 0. The van der Waals surface area contributed by atoms with Crippen molar-refractivity contribution in [2.24, 2.45) is 0 Å². The number of nitriles is 1. The van der Waals surface area contributed by atoms with Crippen molar-refractivity contribution in [3.63, 3.8) is 0 Å². The molecule has 0 amide bonds. The van der Waals surface area contributed by atoms with E-state index in [9.17, 15) is 9.18 Å². The Balaban J connectivity index is 2.31. The van der Waals surface area contributed by atoms with E-state index in [4.69, 9.17) is 16.1 Å². The Morgan fingerprint density at radius 2 is 2.26 bits per heavy atom. The molecule has 1 heterocycles. The lowest BCUT2D eigenvalue weighted by Gasteiger charge is -2.02. The molecule has 0 saturated heterocycles. The highest BCUT2D eigenvalue weighted by Gasteiger charge is 2.13. The zero-order chi connectivity index (χ0) is 14.0. The molecule has 19 heavy (non-hydrogen) atoms. The van der Waals surface area contributed by atoms with Crippen molar-refractivity contribution in [2.75, 3.05) is 5.73 Å². The van der Waals surface area contributed by atoms with Gasteiger partial charge in [-0.25, -0.2) is 9.18 Å². The second-order valence-electron chi connectivity index (χ2n) is 3.90. The third-order valence-electron chi connectivity index (χ3n) is 2.42. The molecule has 0 aliphatic rings. The molecule has 7 heteroatoms. The van der Waals surface area contributed by atoms with Crippen molar-refractivity contribution in [3.05, 3.63) is 47.0 Å². The molecule has 0 bridgehead atoms. The fraction of sp³-hybridized carbons (Fsp3) is 0.0833. The van der Waals surface area contributed by atoms with Crippen LogP contribution in [0.4, 0.5) is 10.1 Å². The van der Waals surface area contributed by atoms with Gasteiger partial charge in [0.2, 0.25) is 0 Å². The molecule has 0 fully saturated rings. The van der Waals surface area contributed by atoms with E-state index in [1.54, 1.807) is 0 Å². The summed E-state index contributed by atoms with van der Waals surface area (Å²) in [6.45, 7) is 0.129. The number of nitrogens with zero attached hydrogens (tertiary/aromatic N) is 3. The summed E-state index contributed by atoms with van der Waals surface area (Å²) in [5.74, 6) is -1.76. The number of aromatic nitrogens is 2. The molecule has 0 saturated carbocycles. The number of rotatable bonds is 3. The van der Waals surface area contributed by atoms with Crippen LogP contribution in [-0.2, 0) is 6.54 Å². The lowest BCUT2D eigenvalue weighted by Crippen LogP contribution is -2.05. The number of hydrogen-bond acceptors (Lipinski definition) is 4. The minimum Gasteiger partial charge on any atom is -0.476 e. The lowest BCUT2D eigenvalue weighted by molar-refractivity contribution is 0.0690. The number of nitrogen functional groups attached to an aromatic ring is 1. The molecule has 2 aromatic rings. The number of carbonyl (C=O) groups is 1. The molecule has 0 atom stereocenters. The Morgan fingerprint density at radius 1 is 1.53 bits per heavy atom. The normalized spacial score (nSPS) is 10.1. The van der Waals surface area contributed by atoms with Gasteiger partial charge in [0.15, 0.2) is 5.69 Å². The van der Waals surface area contributed by atoms with Gasteiger partial charge in [-0.15, -0.1) is 0 Å². The van der Waals surface area contributed by atoms with Crippen LogP contribution in [0, 0.1) is 17.1 Å². The molecule has 0 spiro atoms. The fourth-order valence-corrected chi connectivity index (χ4v) is 1.68. The molecular weight excluding hydrogens is 251 g/mol. The van der Waals surface area contributed by atoms with Gasteiger partial charge in [-0.1, -0.05) is 0 Å². The summed E-state index contributed by atoms with van der Waals surface area (Å²) in [6, 6.07) is 5.71. The third-order valence-corrected chi connectivity index (χ3v) is 2.42. The van der Waals surface area contributed by atoms with Gasteiger partial charge < -0.3 is 10.8 Å². The van der Waals surface area contributed by atoms with Gasteiger partial charge in [-0.2, -0.15) is 10.4 Å². The third kappa shape index (κ3) is 2.69. The van der Waals surface area contributed by atoms with Crippen LogP contribution in [0.1, 0.15) is 21.6 Å². The number of benzene rings is 1. The van der Waals surface area contributed by atoms with Gasteiger partial charge in [0.1, 0.15) is 5.82 Å². The Bertz CT molecular complexity index is 688. The lowest BCUT2D eigenvalue weighted by atomic mass is 10.1. The van der Waals surface area contributed by atoms with E-state index in [1.807, 2.05) is 6.07 Å². The Labute approximate surface area is 107 Å². The summed E-state index contributed by atoms with van der Waals surface area (Å²) in [5.41, 5.74) is 5.96. The summed E-state index contributed by atoms with van der Waals surface area (Å²) in [6.07, 6.45) is 1.35. The van der Waals surface area contributed by atoms with Gasteiger partial charge in [0.25, 0.3) is 0 Å². The number of nitrogens with two attached hydrogens (primary N) is 1. The van der Waals surface area contributed by atoms with E-state index in [1.165, 1.54) is 23.0 Å². The number of carboxylic acid groups (broad SMARTS) is 1. The van der Waals surface area contributed by atoms with Crippen LogP contribution in [-0.4, -0.2) is 20.9 Å². The number of hydrogen-bond donors (Lipinski definition) is 2. The van der Waals surface area contributed by atoms with E-state index in [0.717, 1.165) is 6.07 Å². The van der Waals surface area contributed by atoms with Crippen LogP contribution < -0.4 is 5.73 Å². The molecule has 3 N–H and O–H groups in total. The maximum absolute atomic E-state index is 13.2. The number of carboxylic acids is 1. The molecular formula is C12H9FN4O2. The minimum absolute atomic E-state index is 0.0319. The highest BCUT2D eigenvalue weighted by molar-refractivity contribution is 5.91. The van der Waals surface area contributed by atoms with Gasteiger partial charge >= 0.3 is 5.97 Å². The predicted octanol–water partition coefficient (Wildman–Crippen LogP) is 1.22. The van der Waals surface area contributed by atoms with E-state index in [2.05, 4.69) is 5.10 Å². The van der Waals surface area contributed by atoms with Crippen LogP contribution in [0.15, 0.2) is 24.4 Å². The smallest absolute Gasteiger partial charge is 0.358 e. The van der Waals surface area contributed by atoms with E-state index in [-0.39, 0.29) is 23.5 Å². The van der Waals surface area contributed by atoms with Gasteiger partial charge in [-0.3, -0.25) is 4.68 Å². The van der Waals surface area contributed by atoms with Crippen molar-refractivity contribution in [2.45, 2.75) is 6.54 Å². The van der Waals surface area contributed by atoms with Gasteiger partial charge in [-0.05, 0) is 23.8 Å². The summed E-state index contributed by atoms with van der Waals surface area (Å²) >= 11 is 0. The zero-order valence-electron chi connectivity index (χ0n) is 9.67. The molecule has 1 aromatic heterocycles. The average Bonchev–Trinajstić information content (AvgIpc) is 2.69. The molecule has 0 aliphatic heterocycles. The van der Waals surface area contributed by atoms with Crippen molar-refractivity contribution in [1.29, 1.82) is 5.26 Å². The van der Waals surface area contributed by atoms with Crippen LogP contribution >= 0.6 is 0 Å². The molecule has 0 radical (unpaired) electrons. The van der Waals surface area contributed by atoms with Gasteiger partial charge in [0, 0.05) is 6.20 Å². The van der Waals surface area contributed by atoms with Crippen molar-refractivity contribution >= 4 is 11.7 Å². The monoisotopic (exact) mass is 260 g/mol. The maximum atomic E-state index is 13.2. The Hall–Kier alpha value is -2.88. The molecule has 96 valence electrons. The number of halogens is 1. The highest BCUT2D eigenvalue weighted by Crippen LogP contribution is 2.13. The number of aromatic carboxylic acids is 1. The minimum atomic E-state index is -1.23. The van der Waals surface area contributed by atoms with E-state index >= 15 is 0 Å². The summed E-state index contributed by atoms with van der Waals surface area (Å²) in [5, 5.41) is 21.3.